The van der Waals surface area contributed by atoms with E-state index < -0.39 is 0 Å². The van der Waals surface area contributed by atoms with E-state index in [1.807, 2.05) is 25.1 Å². The molecule has 2 aromatic carbocycles. The third kappa shape index (κ3) is 4.07. The van der Waals surface area contributed by atoms with Crippen LogP contribution in [0.4, 0.5) is 5.69 Å². The van der Waals surface area contributed by atoms with Crippen LogP contribution in [0.1, 0.15) is 61.3 Å². The van der Waals surface area contributed by atoms with E-state index in [0.717, 1.165) is 28.4 Å². The van der Waals surface area contributed by atoms with Crippen LogP contribution in [0.15, 0.2) is 36.4 Å². The summed E-state index contributed by atoms with van der Waals surface area (Å²) in [6, 6.07) is 12.1. The molecule has 0 aromatic heterocycles. The first kappa shape index (κ1) is 18.5. The predicted octanol–water partition coefficient (Wildman–Crippen LogP) is 5.15. The van der Waals surface area contributed by atoms with Gasteiger partial charge in [-0.05, 0) is 67.0 Å². The highest BCUT2D eigenvalue weighted by Gasteiger charge is 2.25. The van der Waals surface area contributed by atoms with E-state index in [-0.39, 0.29) is 12.3 Å². The van der Waals surface area contributed by atoms with Crippen LogP contribution in [0.3, 0.4) is 0 Å². The molecular formula is C22H27NO3. The molecule has 0 spiro atoms. The van der Waals surface area contributed by atoms with Gasteiger partial charge in [0, 0.05) is 12.0 Å². The van der Waals surface area contributed by atoms with Gasteiger partial charge in [0.1, 0.15) is 12.4 Å². The lowest BCUT2D eigenvalue weighted by Crippen LogP contribution is -2.27. The van der Waals surface area contributed by atoms with E-state index in [1.54, 1.807) is 6.92 Å². The quantitative estimate of drug-likeness (QED) is 0.553. The first-order valence-electron chi connectivity index (χ1n) is 9.40. The highest BCUT2D eigenvalue weighted by molar-refractivity contribution is 5.91. The van der Waals surface area contributed by atoms with Gasteiger partial charge in [0.05, 0.1) is 5.69 Å². The predicted molar refractivity (Wildman–Crippen MR) is 103 cm³/mol. The Morgan fingerprint density at radius 1 is 1.19 bits per heavy atom. The first-order chi connectivity index (χ1) is 12.5. The lowest BCUT2D eigenvalue weighted by atomic mass is 10.0. The van der Waals surface area contributed by atoms with Crippen molar-refractivity contribution in [3.8, 4) is 5.75 Å². The molecule has 0 atom stereocenters. The second-order valence-corrected chi connectivity index (χ2v) is 6.96. The maximum Gasteiger partial charge on any atom is 0.250 e. The van der Waals surface area contributed by atoms with E-state index in [4.69, 9.17) is 4.74 Å². The number of aryl methyl sites for hydroxylation is 2. The van der Waals surface area contributed by atoms with E-state index in [2.05, 4.69) is 25.1 Å². The smallest absolute Gasteiger partial charge is 0.250 e. The number of anilines is 1. The summed E-state index contributed by atoms with van der Waals surface area (Å²) < 4.78 is 6.03. The van der Waals surface area contributed by atoms with Crippen LogP contribution in [0, 0.1) is 6.92 Å². The van der Waals surface area contributed by atoms with Crippen molar-refractivity contribution in [2.45, 2.75) is 59.0 Å². The van der Waals surface area contributed by atoms with Crippen LogP contribution >= 0.6 is 0 Å². The number of nitrogens with zero attached hydrogens (tertiary/aromatic N) is 1. The molecule has 0 bridgehead atoms. The molecule has 1 amide bonds. The van der Waals surface area contributed by atoms with Gasteiger partial charge in [0.2, 0.25) is 5.91 Å². The van der Waals surface area contributed by atoms with E-state index in [0.29, 0.717) is 18.2 Å². The van der Waals surface area contributed by atoms with Crippen molar-refractivity contribution in [3.63, 3.8) is 0 Å². The van der Waals surface area contributed by atoms with Gasteiger partial charge in [-0.2, -0.15) is 5.06 Å². The second-order valence-electron chi connectivity index (χ2n) is 6.96. The Morgan fingerprint density at radius 2 is 1.96 bits per heavy atom. The molecule has 1 aliphatic carbocycles. The fourth-order valence-corrected chi connectivity index (χ4v) is 3.13. The van der Waals surface area contributed by atoms with Gasteiger partial charge in [-0.3, -0.25) is 10.0 Å². The van der Waals surface area contributed by atoms with Gasteiger partial charge >= 0.3 is 0 Å². The van der Waals surface area contributed by atoms with Crippen molar-refractivity contribution in [3.05, 3.63) is 58.7 Å². The maximum absolute atomic E-state index is 11.9. The monoisotopic (exact) mass is 353 g/mol. The van der Waals surface area contributed by atoms with Crippen molar-refractivity contribution < 1.29 is 14.7 Å². The summed E-state index contributed by atoms with van der Waals surface area (Å²) >= 11 is 0. The Hall–Kier alpha value is -2.33. The number of rotatable bonds is 7. The average Bonchev–Trinajstić information content (AvgIpc) is 3.50. The van der Waals surface area contributed by atoms with Gasteiger partial charge < -0.3 is 4.74 Å². The molecule has 0 radical (unpaired) electrons. The Balaban J connectivity index is 1.84. The Kier molecular flexibility index (Phi) is 5.62. The fourth-order valence-electron chi connectivity index (χ4n) is 3.13. The topological polar surface area (TPSA) is 49.8 Å². The minimum absolute atomic E-state index is 0.249. The molecule has 4 nitrogen and oxygen atoms in total. The molecule has 3 rings (SSSR count). The van der Waals surface area contributed by atoms with Crippen LogP contribution in [0.25, 0.3) is 0 Å². The van der Waals surface area contributed by atoms with Crippen LogP contribution in [0.5, 0.6) is 5.75 Å². The minimum Gasteiger partial charge on any atom is -0.489 e. The van der Waals surface area contributed by atoms with Gasteiger partial charge in [0.25, 0.3) is 0 Å². The van der Waals surface area contributed by atoms with E-state index in [1.165, 1.54) is 24.0 Å². The van der Waals surface area contributed by atoms with Crippen molar-refractivity contribution in [1.29, 1.82) is 0 Å². The number of hydrogen-bond donors (Lipinski definition) is 1. The summed E-state index contributed by atoms with van der Waals surface area (Å²) in [5.41, 5.74) is 4.96. The van der Waals surface area contributed by atoms with Crippen molar-refractivity contribution >= 4 is 11.6 Å². The molecule has 0 heterocycles. The van der Waals surface area contributed by atoms with Crippen molar-refractivity contribution in [2.24, 2.45) is 0 Å². The number of hydroxylamine groups is 1. The normalized spacial score (nSPS) is 13.5. The molecule has 1 fully saturated rings. The molecule has 0 aliphatic heterocycles. The third-order valence-corrected chi connectivity index (χ3v) is 4.95. The Labute approximate surface area is 155 Å². The van der Waals surface area contributed by atoms with E-state index in [9.17, 15) is 10.0 Å². The zero-order valence-electron chi connectivity index (χ0n) is 15.8. The molecule has 1 N–H and O–H groups in total. The highest BCUT2D eigenvalue weighted by Crippen LogP contribution is 2.41. The molecule has 4 heteroatoms. The number of carbonyl (C=O) groups excluding carboxylic acids is 1. The number of ether oxygens (including phenoxy) is 1. The number of carbonyl (C=O) groups is 1. The number of amides is 1. The lowest BCUT2D eigenvalue weighted by molar-refractivity contribution is -0.123. The summed E-state index contributed by atoms with van der Waals surface area (Å²) in [6.07, 6.45) is 3.65. The van der Waals surface area contributed by atoms with Crippen LogP contribution in [-0.4, -0.2) is 11.1 Å². The molecule has 1 saturated carbocycles. The lowest BCUT2D eigenvalue weighted by Gasteiger charge is -2.20. The molecule has 1 aliphatic rings. The summed E-state index contributed by atoms with van der Waals surface area (Å²) in [5, 5.41) is 11.0. The zero-order valence-corrected chi connectivity index (χ0v) is 15.8. The maximum atomic E-state index is 11.9. The van der Waals surface area contributed by atoms with Gasteiger partial charge in [-0.15, -0.1) is 0 Å². The number of hydrogen-bond acceptors (Lipinski definition) is 3. The highest BCUT2D eigenvalue weighted by atomic mass is 16.5. The molecule has 2 aromatic rings. The Bertz CT molecular complexity index is 796. The van der Waals surface area contributed by atoms with Gasteiger partial charge in [-0.1, -0.05) is 32.0 Å². The van der Waals surface area contributed by atoms with E-state index >= 15 is 0 Å². The molecule has 138 valence electrons. The molecular weight excluding hydrogens is 326 g/mol. The standard InChI is InChI=1S/C22H27NO3/c1-4-16-6-11-21(15(3)12-16)26-14-19-13-18(17-7-8-17)9-10-20(19)23(25)22(24)5-2/h6,9-13,17,25H,4-5,7-8,14H2,1-3H3. The van der Waals surface area contributed by atoms with Gasteiger partial charge in [0.15, 0.2) is 0 Å². The average molecular weight is 353 g/mol. The summed E-state index contributed by atoms with van der Waals surface area (Å²) in [6.45, 7) is 6.22. The molecule has 26 heavy (non-hydrogen) atoms. The van der Waals surface area contributed by atoms with Gasteiger partial charge in [-0.25, -0.2) is 0 Å². The SMILES string of the molecule is CCC(=O)N(O)c1ccc(C2CC2)cc1COc1ccc(CC)cc1C. The third-order valence-electron chi connectivity index (χ3n) is 4.95. The Morgan fingerprint density at radius 3 is 2.58 bits per heavy atom. The molecule has 0 unspecified atom stereocenters. The van der Waals surface area contributed by atoms with Crippen LogP contribution in [-0.2, 0) is 17.8 Å². The largest absolute Gasteiger partial charge is 0.489 e. The summed E-state index contributed by atoms with van der Waals surface area (Å²) in [4.78, 5) is 11.9. The minimum atomic E-state index is -0.325. The fraction of sp³-hybridized carbons (Fsp3) is 0.409. The number of benzene rings is 2. The zero-order chi connectivity index (χ0) is 18.7. The molecule has 0 saturated heterocycles. The van der Waals surface area contributed by atoms with Crippen LogP contribution in [0.2, 0.25) is 0 Å². The summed E-state index contributed by atoms with van der Waals surface area (Å²) in [5.74, 6) is 1.10. The summed E-state index contributed by atoms with van der Waals surface area (Å²) in [7, 11) is 0. The first-order valence-corrected chi connectivity index (χ1v) is 9.40. The second kappa shape index (κ2) is 7.92. The van der Waals surface area contributed by atoms with Crippen molar-refractivity contribution in [2.75, 3.05) is 5.06 Å². The van der Waals surface area contributed by atoms with Crippen LogP contribution < -0.4 is 9.80 Å². The van der Waals surface area contributed by atoms with Crippen molar-refractivity contribution in [1.82, 2.24) is 0 Å².